The molecule has 1 saturated heterocycles. The van der Waals surface area contributed by atoms with Gasteiger partial charge in [-0.3, -0.25) is 5.41 Å². The van der Waals surface area contributed by atoms with E-state index in [0.29, 0.717) is 24.5 Å². The van der Waals surface area contributed by atoms with Crippen molar-refractivity contribution in [3.8, 4) is 0 Å². The number of anilines is 1. The third kappa shape index (κ3) is 2.91. The predicted molar refractivity (Wildman–Crippen MR) is 78.2 cm³/mol. The fraction of sp³-hybridized carbons (Fsp3) is 0.571. The van der Waals surface area contributed by atoms with Crippen molar-refractivity contribution >= 4 is 11.7 Å². The van der Waals surface area contributed by atoms with Gasteiger partial charge in [-0.15, -0.1) is 0 Å². The second kappa shape index (κ2) is 5.38. The molecule has 0 amide bonds. The molecule has 1 unspecified atom stereocenters. The molecule has 0 aliphatic carbocycles. The van der Waals surface area contributed by atoms with Gasteiger partial charge < -0.3 is 20.5 Å². The van der Waals surface area contributed by atoms with Crippen molar-refractivity contribution in [2.24, 2.45) is 5.73 Å². The van der Waals surface area contributed by atoms with Crippen molar-refractivity contribution in [1.29, 1.82) is 5.41 Å². The standard InChI is InChI=1S/C14H22N4O2/c1-9-4-5-17-13(11(9)12(15)16)18-6-10(7-19)20-14(2,3)8-18/h4-5,10,19H,6-8H2,1-3H3,(H3,15,16). The Labute approximate surface area is 119 Å². The normalized spacial score (nSPS) is 21.8. The second-order valence-electron chi connectivity index (χ2n) is 5.80. The highest BCUT2D eigenvalue weighted by Crippen LogP contribution is 2.28. The Balaban J connectivity index is 2.40. The maximum absolute atomic E-state index is 9.38. The van der Waals surface area contributed by atoms with Crippen LogP contribution < -0.4 is 10.6 Å². The first-order valence-electron chi connectivity index (χ1n) is 6.67. The van der Waals surface area contributed by atoms with Crippen LogP contribution in [0.1, 0.15) is 25.0 Å². The second-order valence-corrected chi connectivity index (χ2v) is 5.80. The van der Waals surface area contributed by atoms with E-state index < -0.39 is 0 Å². The maximum Gasteiger partial charge on any atom is 0.139 e. The molecule has 1 fully saturated rings. The van der Waals surface area contributed by atoms with Crippen LogP contribution in [0.3, 0.4) is 0 Å². The molecule has 1 aromatic heterocycles. The van der Waals surface area contributed by atoms with Crippen LogP contribution in [-0.4, -0.2) is 47.3 Å². The number of amidine groups is 1. The number of hydrogen-bond acceptors (Lipinski definition) is 5. The number of nitrogen functional groups attached to an aromatic ring is 1. The van der Waals surface area contributed by atoms with Crippen LogP contribution in [0.25, 0.3) is 0 Å². The summed E-state index contributed by atoms with van der Waals surface area (Å²) in [6.07, 6.45) is 1.45. The van der Waals surface area contributed by atoms with Crippen molar-refractivity contribution in [3.63, 3.8) is 0 Å². The van der Waals surface area contributed by atoms with Crippen LogP contribution in [0.15, 0.2) is 12.3 Å². The largest absolute Gasteiger partial charge is 0.394 e. The molecular formula is C14H22N4O2. The summed E-state index contributed by atoms with van der Waals surface area (Å²) in [5.74, 6) is 0.697. The Hall–Kier alpha value is -1.66. The minimum atomic E-state index is -0.384. The van der Waals surface area contributed by atoms with Crippen LogP contribution in [0.2, 0.25) is 0 Å². The molecule has 1 atom stereocenters. The van der Waals surface area contributed by atoms with E-state index >= 15 is 0 Å². The summed E-state index contributed by atoms with van der Waals surface area (Å²) in [7, 11) is 0. The Morgan fingerprint density at radius 3 is 2.95 bits per heavy atom. The quantitative estimate of drug-likeness (QED) is 0.557. The van der Waals surface area contributed by atoms with E-state index in [2.05, 4.69) is 4.98 Å². The smallest absolute Gasteiger partial charge is 0.139 e. The average molecular weight is 278 g/mol. The molecule has 1 aromatic rings. The SMILES string of the molecule is Cc1ccnc(N2CC(CO)OC(C)(C)C2)c1C(=N)N. The lowest BCUT2D eigenvalue weighted by molar-refractivity contribution is -0.101. The van der Waals surface area contributed by atoms with E-state index in [4.69, 9.17) is 15.9 Å². The Morgan fingerprint density at radius 1 is 1.65 bits per heavy atom. The summed E-state index contributed by atoms with van der Waals surface area (Å²) in [6.45, 7) is 7.01. The van der Waals surface area contributed by atoms with Gasteiger partial charge in [0.2, 0.25) is 0 Å². The van der Waals surface area contributed by atoms with E-state index in [1.807, 2.05) is 31.7 Å². The van der Waals surface area contributed by atoms with Gasteiger partial charge in [-0.1, -0.05) is 0 Å². The molecule has 20 heavy (non-hydrogen) atoms. The zero-order chi connectivity index (χ0) is 14.9. The highest BCUT2D eigenvalue weighted by atomic mass is 16.5. The lowest BCUT2D eigenvalue weighted by Gasteiger charge is -2.43. The molecule has 0 saturated carbocycles. The van der Waals surface area contributed by atoms with E-state index in [0.717, 1.165) is 5.56 Å². The summed E-state index contributed by atoms with van der Waals surface area (Å²) in [5.41, 5.74) is 6.89. The summed E-state index contributed by atoms with van der Waals surface area (Å²) in [4.78, 5) is 6.42. The lowest BCUT2D eigenvalue weighted by atomic mass is 10.0. The topological polar surface area (TPSA) is 95.5 Å². The van der Waals surface area contributed by atoms with Gasteiger partial charge in [0.15, 0.2) is 0 Å². The van der Waals surface area contributed by atoms with Crippen molar-refractivity contribution < 1.29 is 9.84 Å². The summed E-state index contributed by atoms with van der Waals surface area (Å²) in [5, 5.41) is 17.1. The van der Waals surface area contributed by atoms with Crippen LogP contribution in [0.5, 0.6) is 0 Å². The molecule has 0 spiro atoms. The van der Waals surface area contributed by atoms with Gasteiger partial charge in [0, 0.05) is 19.3 Å². The number of aromatic nitrogens is 1. The molecule has 110 valence electrons. The number of hydrogen-bond donors (Lipinski definition) is 3. The van der Waals surface area contributed by atoms with Gasteiger partial charge in [-0.25, -0.2) is 4.98 Å². The Bertz CT molecular complexity index is 516. The van der Waals surface area contributed by atoms with Gasteiger partial charge in [-0.2, -0.15) is 0 Å². The van der Waals surface area contributed by atoms with Crippen molar-refractivity contribution in [2.45, 2.75) is 32.5 Å². The first kappa shape index (κ1) is 14.7. The summed E-state index contributed by atoms with van der Waals surface area (Å²) in [6, 6.07) is 1.84. The number of rotatable bonds is 3. The number of ether oxygens (including phenoxy) is 1. The molecule has 6 nitrogen and oxygen atoms in total. The number of aliphatic hydroxyl groups excluding tert-OH is 1. The highest BCUT2D eigenvalue weighted by molar-refractivity contribution is 6.01. The van der Waals surface area contributed by atoms with E-state index in [1.165, 1.54) is 0 Å². The maximum atomic E-state index is 9.38. The zero-order valence-electron chi connectivity index (χ0n) is 12.2. The number of nitrogens with two attached hydrogens (primary N) is 1. The number of aryl methyl sites for hydroxylation is 1. The highest BCUT2D eigenvalue weighted by Gasteiger charge is 2.34. The predicted octanol–water partition coefficient (Wildman–Crippen LogP) is 0.650. The summed E-state index contributed by atoms with van der Waals surface area (Å²) < 4.78 is 5.80. The molecule has 2 rings (SSSR count). The number of pyridine rings is 1. The van der Waals surface area contributed by atoms with Crippen molar-refractivity contribution in [2.75, 3.05) is 24.6 Å². The molecule has 4 N–H and O–H groups in total. The fourth-order valence-corrected chi connectivity index (χ4v) is 2.67. The Kier molecular flexibility index (Phi) is 3.96. The molecule has 0 radical (unpaired) electrons. The van der Waals surface area contributed by atoms with Crippen LogP contribution in [-0.2, 0) is 4.74 Å². The molecule has 0 bridgehead atoms. The molecule has 6 heteroatoms. The third-order valence-electron chi connectivity index (χ3n) is 3.39. The first-order valence-corrected chi connectivity index (χ1v) is 6.67. The number of nitrogens with one attached hydrogen (secondary N) is 1. The number of morpholine rings is 1. The molecule has 1 aliphatic heterocycles. The van der Waals surface area contributed by atoms with Crippen molar-refractivity contribution in [3.05, 3.63) is 23.4 Å². The van der Waals surface area contributed by atoms with Gasteiger partial charge >= 0.3 is 0 Å². The average Bonchev–Trinajstić information content (AvgIpc) is 2.36. The monoisotopic (exact) mass is 278 g/mol. The molecule has 0 aromatic carbocycles. The van der Waals surface area contributed by atoms with Gasteiger partial charge in [0.05, 0.1) is 23.9 Å². The van der Waals surface area contributed by atoms with Gasteiger partial charge in [0.1, 0.15) is 11.7 Å². The number of nitrogens with zero attached hydrogens (tertiary/aromatic N) is 2. The lowest BCUT2D eigenvalue weighted by Crippen LogP contribution is -2.54. The van der Waals surface area contributed by atoms with Crippen molar-refractivity contribution in [1.82, 2.24) is 4.98 Å². The fourth-order valence-electron chi connectivity index (χ4n) is 2.67. The number of aliphatic hydroxyl groups is 1. The molecular weight excluding hydrogens is 256 g/mol. The third-order valence-corrected chi connectivity index (χ3v) is 3.39. The minimum absolute atomic E-state index is 0.00967. The molecule has 2 heterocycles. The van der Waals surface area contributed by atoms with Crippen LogP contribution in [0, 0.1) is 12.3 Å². The van der Waals surface area contributed by atoms with Gasteiger partial charge in [0.25, 0.3) is 0 Å². The van der Waals surface area contributed by atoms with Crippen LogP contribution >= 0.6 is 0 Å². The van der Waals surface area contributed by atoms with Gasteiger partial charge in [-0.05, 0) is 32.4 Å². The Morgan fingerprint density at radius 2 is 2.35 bits per heavy atom. The van der Waals surface area contributed by atoms with Crippen LogP contribution in [0.4, 0.5) is 5.82 Å². The van der Waals surface area contributed by atoms with E-state index in [1.54, 1.807) is 6.20 Å². The van der Waals surface area contributed by atoms with E-state index in [-0.39, 0.29) is 24.1 Å². The van der Waals surface area contributed by atoms with E-state index in [9.17, 15) is 5.11 Å². The minimum Gasteiger partial charge on any atom is -0.394 e. The summed E-state index contributed by atoms with van der Waals surface area (Å²) >= 11 is 0. The first-order chi connectivity index (χ1) is 9.34. The zero-order valence-corrected chi connectivity index (χ0v) is 12.2. The molecule has 1 aliphatic rings.